The van der Waals surface area contributed by atoms with Crippen molar-refractivity contribution in [1.29, 1.82) is 0 Å². The van der Waals surface area contributed by atoms with Gasteiger partial charge in [-0.1, -0.05) is 30.3 Å². The third-order valence-corrected chi connectivity index (χ3v) is 6.36. The van der Waals surface area contributed by atoms with E-state index in [0.717, 1.165) is 11.1 Å². The van der Waals surface area contributed by atoms with Crippen LogP contribution in [-0.4, -0.2) is 27.4 Å². The van der Waals surface area contributed by atoms with E-state index in [0.29, 0.717) is 16.9 Å². The number of aryl methyl sites for hydroxylation is 2. The number of hydrogen-bond acceptors (Lipinski definition) is 4. The Hall–Kier alpha value is -3.69. The van der Waals surface area contributed by atoms with Crippen molar-refractivity contribution < 1.29 is 18.0 Å². The van der Waals surface area contributed by atoms with Crippen molar-refractivity contribution in [3.63, 3.8) is 0 Å². The molecule has 33 heavy (non-hydrogen) atoms. The van der Waals surface area contributed by atoms with Gasteiger partial charge in [-0.25, -0.2) is 17.9 Å². The van der Waals surface area contributed by atoms with Crippen molar-refractivity contribution >= 4 is 33.3 Å². The summed E-state index contributed by atoms with van der Waals surface area (Å²) in [5, 5.41) is 8.35. The van der Waals surface area contributed by atoms with Crippen LogP contribution in [0, 0.1) is 13.8 Å². The lowest BCUT2D eigenvalue weighted by atomic mass is 10.1. The molecule has 0 aliphatic carbocycles. The number of carbonyl (C=O) groups is 2. The maximum Gasteiger partial charge on any atom is 0.323 e. The molecule has 172 valence electrons. The van der Waals surface area contributed by atoms with Crippen LogP contribution in [0.2, 0.25) is 0 Å². The minimum absolute atomic E-state index is 0.0200. The van der Waals surface area contributed by atoms with E-state index in [2.05, 4.69) is 20.7 Å². The molecule has 3 rings (SSSR count). The molecule has 0 radical (unpaired) electrons. The van der Waals surface area contributed by atoms with Crippen LogP contribution in [-0.2, 0) is 16.6 Å². The van der Waals surface area contributed by atoms with E-state index in [9.17, 15) is 18.0 Å². The number of sulfonamides is 1. The SMILES string of the molecule is CNS(=O)(=O)c1ccc(C)c(C(=O)NCc2cccc(NC(=O)Nc3cccc(C)c3)c2)c1. The molecule has 0 fully saturated rings. The lowest BCUT2D eigenvalue weighted by Gasteiger charge is -2.12. The van der Waals surface area contributed by atoms with Gasteiger partial charge in [-0.15, -0.1) is 0 Å². The van der Waals surface area contributed by atoms with Crippen molar-refractivity contribution in [1.82, 2.24) is 10.0 Å². The topological polar surface area (TPSA) is 116 Å². The van der Waals surface area contributed by atoms with Crippen LogP contribution in [0.5, 0.6) is 0 Å². The average Bonchev–Trinajstić information content (AvgIpc) is 2.78. The predicted molar refractivity (Wildman–Crippen MR) is 129 cm³/mol. The number of carbonyl (C=O) groups excluding carboxylic acids is 2. The summed E-state index contributed by atoms with van der Waals surface area (Å²) < 4.78 is 26.3. The number of hydrogen-bond donors (Lipinski definition) is 4. The first-order valence-corrected chi connectivity index (χ1v) is 11.7. The van der Waals surface area contributed by atoms with Gasteiger partial charge in [0.05, 0.1) is 4.90 Å². The van der Waals surface area contributed by atoms with Gasteiger partial charge in [-0.3, -0.25) is 4.79 Å². The largest absolute Gasteiger partial charge is 0.348 e. The number of nitrogens with one attached hydrogen (secondary N) is 4. The van der Waals surface area contributed by atoms with E-state index in [4.69, 9.17) is 0 Å². The maximum atomic E-state index is 12.7. The van der Waals surface area contributed by atoms with Gasteiger partial charge >= 0.3 is 6.03 Å². The standard InChI is InChI=1S/C24H26N4O4S/c1-16-6-4-8-19(12-16)27-24(30)28-20-9-5-7-18(13-20)15-26-23(29)22-14-21(11-10-17(22)2)33(31,32)25-3/h4-14,25H,15H2,1-3H3,(H,26,29)(H2,27,28,30). The third kappa shape index (κ3) is 6.41. The van der Waals surface area contributed by atoms with Crippen molar-refractivity contribution in [2.45, 2.75) is 25.3 Å². The van der Waals surface area contributed by atoms with Crippen LogP contribution < -0.4 is 20.7 Å². The van der Waals surface area contributed by atoms with Gasteiger partial charge < -0.3 is 16.0 Å². The summed E-state index contributed by atoms with van der Waals surface area (Å²) in [5.41, 5.74) is 4.01. The van der Waals surface area contributed by atoms with Gasteiger partial charge in [-0.05, 0) is 74.0 Å². The van der Waals surface area contributed by atoms with Crippen LogP contribution in [0.1, 0.15) is 27.0 Å². The first kappa shape index (κ1) is 24.0. The number of anilines is 2. The minimum atomic E-state index is -3.66. The highest BCUT2D eigenvalue weighted by Gasteiger charge is 2.16. The van der Waals surface area contributed by atoms with Crippen molar-refractivity contribution in [3.05, 3.63) is 89.0 Å². The first-order valence-electron chi connectivity index (χ1n) is 10.2. The molecule has 3 aromatic rings. The van der Waals surface area contributed by atoms with Crippen LogP contribution >= 0.6 is 0 Å². The van der Waals surface area contributed by atoms with Gasteiger partial charge in [0.1, 0.15) is 0 Å². The van der Waals surface area contributed by atoms with Gasteiger partial charge in [0, 0.05) is 23.5 Å². The van der Waals surface area contributed by atoms with Gasteiger partial charge in [0.15, 0.2) is 0 Å². The summed E-state index contributed by atoms with van der Waals surface area (Å²) >= 11 is 0. The zero-order valence-corrected chi connectivity index (χ0v) is 19.4. The van der Waals surface area contributed by atoms with Crippen LogP contribution in [0.4, 0.5) is 16.2 Å². The molecule has 0 heterocycles. The molecule has 0 aliphatic rings. The monoisotopic (exact) mass is 466 g/mol. The first-order chi connectivity index (χ1) is 15.7. The van der Waals surface area contributed by atoms with Gasteiger partial charge in [-0.2, -0.15) is 0 Å². The summed E-state index contributed by atoms with van der Waals surface area (Å²) in [6.07, 6.45) is 0. The molecule has 3 aromatic carbocycles. The molecule has 0 bridgehead atoms. The molecule has 0 saturated heterocycles. The molecule has 3 amide bonds. The highest BCUT2D eigenvalue weighted by molar-refractivity contribution is 7.89. The van der Waals surface area contributed by atoms with Crippen molar-refractivity contribution in [2.24, 2.45) is 0 Å². The lowest BCUT2D eigenvalue weighted by molar-refractivity contribution is 0.0950. The van der Waals surface area contributed by atoms with E-state index in [1.165, 1.54) is 19.2 Å². The fourth-order valence-electron chi connectivity index (χ4n) is 3.18. The molecule has 0 aliphatic heterocycles. The van der Waals surface area contributed by atoms with Crippen molar-refractivity contribution in [2.75, 3.05) is 17.7 Å². The normalized spacial score (nSPS) is 11.0. The Morgan fingerprint density at radius 2 is 1.52 bits per heavy atom. The second kappa shape index (κ2) is 10.3. The number of amides is 3. The van der Waals surface area contributed by atoms with Gasteiger partial charge in [0.2, 0.25) is 10.0 Å². The van der Waals surface area contributed by atoms with E-state index >= 15 is 0 Å². The van der Waals surface area contributed by atoms with Crippen LogP contribution in [0.15, 0.2) is 71.6 Å². The molecular weight excluding hydrogens is 440 g/mol. The Balaban J connectivity index is 1.64. The molecule has 9 heteroatoms. The summed E-state index contributed by atoms with van der Waals surface area (Å²) in [7, 11) is -2.34. The zero-order chi connectivity index (χ0) is 24.0. The molecule has 0 spiro atoms. The second-order valence-corrected chi connectivity index (χ2v) is 9.40. The van der Waals surface area contributed by atoms with Crippen molar-refractivity contribution in [3.8, 4) is 0 Å². The minimum Gasteiger partial charge on any atom is -0.348 e. The Kier molecular flexibility index (Phi) is 7.47. The Labute approximate surface area is 193 Å². The molecule has 0 atom stereocenters. The Bertz CT molecular complexity index is 1290. The summed E-state index contributed by atoms with van der Waals surface area (Å²) in [6, 6.07) is 18.6. The molecule has 0 saturated carbocycles. The maximum absolute atomic E-state index is 12.7. The predicted octanol–water partition coefficient (Wildman–Crippen LogP) is 3.79. The third-order valence-electron chi connectivity index (χ3n) is 4.95. The molecule has 4 N–H and O–H groups in total. The summed E-state index contributed by atoms with van der Waals surface area (Å²) in [6.45, 7) is 3.89. The summed E-state index contributed by atoms with van der Waals surface area (Å²) in [4.78, 5) is 25.0. The highest BCUT2D eigenvalue weighted by atomic mass is 32.2. The fraction of sp³-hybridized carbons (Fsp3) is 0.167. The molecular formula is C24H26N4O4S. The van der Waals surface area contributed by atoms with E-state index in [-0.39, 0.29) is 23.0 Å². The number of rotatable bonds is 7. The zero-order valence-electron chi connectivity index (χ0n) is 18.6. The highest BCUT2D eigenvalue weighted by Crippen LogP contribution is 2.17. The molecule has 0 aromatic heterocycles. The average molecular weight is 467 g/mol. The quantitative estimate of drug-likeness (QED) is 0.424. The smallest absolute Gasteiger partial charge is 0.323 e. The lowest BCUT2D eigenvalue weighted by Crippen LogP contribution is -2.25. The molecule has 8 nitrogen and oxygen atoms in total. The number of benzene rings is 3. The van der Waals surface area contributed by atoms with Crippen LogP contribution in [0.3, 0.4) is 0 Å². The summed E-state index contributed by atoms with van der Waals surface area (Å²) in [5.74, 6) is -0.392. The molecule has 0 unspecified atom stereocenters. The Morgan fingerprint density at radius 3 is 2.18 bits per heavy atom. The Morgan fingerprint density at radius 1 is 0.848 bits per heavy atom. The second-order valence-electron chi connectivity index (χ2n) is 7.52. The number of urea groups is 1. The van der Waals surface area contributed by atoms with Gasteiger partial charge in [0.25, 0.3) is 5.91 Å². The van der Waals surface area contributed by atoms with Crippen LogP contribution in [0.25, 0.3) is 0 Å². The fourth-order valence-corrected chi connectivity index (χ4v) is 3.94. The van der Waals surface area contributed by atoms with E-state index in [1.54, 1.807) is 37.3 Å². The van der Waals surface area contributed by atoms with E-state index in [1.807, 2.05) is 31.2 Å². The van der Waals surface area contributed by atoms with E-state index < -0.39 is 15.9 Å².